The summed E-state index contributed by atoms with van der Waals surface area (Å²) in [5.74, 6) is 0.804. The number of benzene rings is 5. The van der Waals surface area contributed by atoms with Crippen LogP contribution in [0.25, 0.3) is 28.0 Å². The van der Waals surface area contributed by atoms with E-state index in [-0.39, 0.29) is 0 Å². The lowest BCUT2D eigenvalue weighted by molar-refractivity contribution is -0.128. The third kappa shape index (κ3) is 5.97. The van der Waals surface area contributed by atoms with E-state index in [1.807, 2.05) is 91.0 Å². The van der Waals surface area contributed by atoms with Gasteiger partial charge in [0.05, 0.1) is 18.5 Å². The summed E-state index contributed by atoms with van der Waals surface area (Å²) in [6.45, 7) is 0. The summed E-state index contributed by atoms with van der Waals surface area (Å²) in [6.07, 6.45) is 3.11. The molecule has 0 radical (unpaired) electrons. The van der Waals surface area contributed by atoms with E-state index in [9.17, 15) is 4.79 Å². The second-order valence-electron chi connectivity index (χ2n) is 8.30. The van der Waals surface area contributed by atoms with E-state index in [4.69, 9.17) is 9.47 Å². The van der Waals surface area contributed by atoms with Crippen LogP contribution in [0.1, 0.15) is 5.56 Å². The zero-order chi connectivity index (χ0) is 25.5. The number of ether oxygens (including phenoxy) is 2. The van der Waals surface area contributed by atoms with Gasteiger partial charge in [0.25, 0.3) is 0 Å². The van der Waals surface area contributed by atoms with Crippen molar-refractivity contribution in [2.75, 3.05) is 7.11 Å². The fraction of sp³-hybridized carbons (Fsp3) is 0.0312. The molecule has 0 atom stereocenters. The van der Waals surface area contributed by atoms with Crippen molar-refractivity contribution in [2.24, 2.45) is 10.2 Å². The van der Waals surface area contributed by atoms with Gasteiger partial charge in [0, 0.05) is 11.5 Å². The molecule has 5 aromatic carbocycles. The van der Waals surface area contributed by atoms with Crippen LogP contribution in [0.3, 0.4) is 0 Å². The molecule has 5 rings (SSSR count). The third-order valence-corrected chi connectivity index (χ3v) is 5.84. The Labute approximate surface area is 215 Å². The topological polar surface area (TPSA) is 60.2 Å². The summed E-state index contributed by atoms with van der Waals surface area (Å²) < 4.78 is 10.6. The van der Waals surface area contributed by atoms with E-state index in [2.05, 4.69) is 22.4 Å². The second kappa shape index (κ2) is 11.1. The van der Waals surface area contributed by atoms with Crippen molar-refractivity contribution in [1.29, 1.82) is 0 Å². The first-order valence-electron chi connectivity index (χ1n) is 11.8. The Morgan fingerprint density at radius 3 is 2.05 bits per heavy atom. The van der Waals surface area contributed by atoms with Gasteiger partial charge >= 0.3 is 5.97 Å². The van der Waals surface area contributed by atoms with Gasteiger partial charge in [-0.1, -0.05) is 72.8 Å². The maximum Gasteiger partial charge on any atom is 0.336 e. The zero-order valence-corrected chi connectivity index (χ0v) is 20.2. The van der Waals surface area contributed by atoms with Crippen molar-refractivity contribution in [1.82, 2.24) is 0 Å². The maximum absolute atomic E-state index is 12.2. The van der Waals surface area contributed by atoms with Gasteiger partial charge in [0.2, 0.25) is 0 Å². The van der Waals surface area contributed by atoms with Gasteiger partial charge in [-0.05, 0) is 70.6 Å². The molecule has 5 aromatic rings. The second-order valence-corrected chi connectivity index (χ2v) is 8.30. The Balaban J connectivity index is 1.21. The average Bonchev–Trinajstić information content (AvgIpc) is 2.96. The van der Waals surface area contributed by atoms with Crippen molar-refractivity contribution in [3.63, 3.8) is 0 Å². The number of azo groups is 1. The summed E-state index contributed by atoms with van der Waals surface area (Å²) in [5.41, 5.74) is 4.53. The van der Waals surface area contributed by atoms with Crippen LogP contribution in [-0.4, -0.2) is 13.1 Å². The van der Waals surface area contributed by atoms with Gasteiger partial charge < -0.3 is 9.47 Å². The number of fused-ring (bicyclic) bond motifs is 1. The predicted octanol–water partition coefficient (Wildman–Crippen LogP) is 8.55. The minimum absolute atomic E-state index is 0.440. The summed E-state index contributed by atoms with van der Waals surface area (Å²) in [5, 5.41) is 11.1. The number of carbonyl (C=O) groups is 1. The van der Waals surface area contributed by atoms with E-state index in [1.54, 1.807) is 25.3 Å². The van der Waals surface area contributed by atoms with Crippen LogP contribution < -0.4 is 9.47 Å². The molecule has 0 saturated heterocycles. The number of carbonyl (C=O) groups excluding carboxylic acids is 1. The first kappa shape index (κ1) is 23.7. The van der Waals surface area contributed by atoms with Gasteiger partial charge in [-0.2, -0.15) is 5.11 Å². The van der Waals surface area contributed by atoms with Crippen molar-refractivity contribution in [3.8, 4) is 22.6 Å². The highest BCUT2D eigenvalue weighted by Gasteiger charge is 2.04. The molecule has 0 unspecified atom stereocenters. The molecule has 0 saturated carbocycles. The van der Waals surface area contributed by atoms with Gasteiger partial charge in [-0.25, -0.2) is 4.79 Å². The Morgan fingerprint density at radius 2 is 1.32 bits per heavy atom. The first-order valence-corrected chi connectivity index (χ1v) is 11.8. The lowest BCUT2D eigenvalue weighted by Crippen LogP contribution is -2.03. The number of hydrogen-bond donors (Lipinski definition) is 0. The summed E-state index contributed by atoms with van der Waals surface area (Å²) in [6, 6.07) is 36.8. The molecule has 0 aliphatic carbocycles. The van der Waals surface area contributed by atoms with E-state index in [0.717, 1.165) is 44.6 Å². The molecule has 0 amide bonds. The molecule has 180 valence electrons. The largest absolute Gasteiger partial charge is 0.497 e. The van der Waals surface area contributed by atoms with Crippen LogP contribution >= 0.6 is 0 Å². The van der Waals surface area contributed by atoms with Crippen LogP contribution in [0, 0.1) is 0 Å². The smallest absolute Gasteiger partial charge is 0.336 e. The fourth-order valence-electron chi connectivity index (χ4n) is 3.87. The highest BCUT2D eigenvalue weighted by atomic mass is 16.5. The fourth-order valence-corrected chi connectivity index (χ4v) is 3.87. The van der Waals surface area contributed by atoms with E-state index >= 15 is 0 Å². The van der Waals surface area contributed by atoms with Gasteiger partial charge in [-0.3, -0.25) is 0 Å². The number of methoxy groups -OCH3 is 1. The molecule has 5 heteroatoms. The maximum atomic E-state index is 12.2. The first-order chi connectivity index (χ1) is 18.2. The van der Waals surface area contributed by atoms with Crippen molar-refractivity contribution in [2.45, 2.75) is 0 Å². The molecular formula is C32H24N2O3. The van der Waals surface area contributed by atoms with Crippen LogP contribution in [-0.2, 0) is 4.79 Å². The van der Waals surface area contributed by atoms with Crippen LogP contribution in [0.15, 0.2) is 132 Å². The minimum Gasteiger partial charge on any atom is -0.497 e. The zero-order valence-electron chi connectivity index (χ0n) is 20.2. The number of esters is 1. The Morgan fingerprint density at radius 1 is 0.676 bits per heavy atom. The van der Waals surface area contributed by atoms with Crippen molar-refractivity contribution >= 4 is 34.2 Å². The number of nitrogens with zero attached hydrogens (tertiary/aromatic N) is 2. The molecule has 0 aliphatic rings. The molecule has 0 fully saturated rings. The summed E-state index contributed by atoms with van der Waals surface area (Å²) in [4.78, 5) is 12.2. The van der Waals surface area contributed by atoms with Crippen molar-refractivity contribution < 1.29 is 14.3 Å². The molecular weight excluding hydrogens is 460 g/mol. The van der Waals surface area contributed by atoms with E-state index in [0.29, 0.717) is 5.75 Å². The molecule has 0 spiro atoms. The van der Waals surface area contributed by atoms with E-state index < -0.39 is 5.97 Å². The quantitative estimate of drug-likeness (QED) is 0.101. The highest BCUT2D eigenvalue weighted by molar-refractivity contribution is 5.92. The SMILES string of the molecule is COc1ccc(/C=C/C(=O)Oc2ccc(-c3ccc(N=Nc4cccc5ccccc45)cc3)cc2)cc1. The minimum atomic E-state index is -0.440. The molecule has 0 heterocycles. The van der Waals surface area contributed by atoms with Crippen LogP contribution in [0.4, 0.5) is 11.4 Å². The monoisotopic (exact) mass is 484 g/mol. The lowest BCUT2D eigenvalue weighted by atomic mass is 10.1. The van der Waals surface area contributed by atoms with Crippen LogP contribution in [0.2, 0.25) is 0 Å². The Hall–Kier alpha value is -5.03. The predicted molar refractivity (Wildman–Crippen MR) is 148 cm³/mol. The Kier molecular flexibility index (Phi) is 7.14. The van der Waals surface area contributed by atoms with Gasteiger partial charge in [0.1, 0.15) is 11.5 Å². The average molecular weight is 485 g/mol. The molecule has 0 bridgehead atoms. The van der Waals surface area contributed by atoms with Crippen LogP contribution in [0.5, 0.6) is 11.5 Å². The lowest BCUT2D eigenvalue weighted by Gasteiger charge is -2.05. The highest BCUT2D eigenvalue weighted by Crippen LogP contribution is 2.29. The molecule has 5 nitrogen and oxygen atoms in total. The summed E-state index contributed by atoms with van der Waals surface area (Å²) >= 11 is 0. The standard InChI is InChI=1S/C32H24N2O3/c1-36-28-18-9-23(10-19-28)11-22-32(35)37-29-20-14-25(15-21-29)24-12-16-27(17-13-24)33-34-31-8-4-6-26-5-2-3-7-30(26)31/h2-22H,1H3/b22-11+,34-33?. The van der Waals surface area contributed by atoms with Gasteiger partial charge in [-0.15, -0.1) is 5.11 Å². The number of hydrogen-bond acceptors (Lipinski definition) is 5. The molecule has 0 aromatic heterocycles. The molecule has 0 aliphatic heterocycles. The number of rotatable bonds is 7. The van der Waals surface area contributed by atoms with Crippen molar-refractivity contribution in [3.05, 3.63) is 127 Å². The molecule has 0 N–H and O–H groups in total. The van der Waals surface area contributed by atoms with E-state index in [1.165, 1.54) is 6.08 Å². The normalized spacial score (nSPS) is 11.3. The molecule has 37 heavy (non-hydrogen) atoms. The summed E-state index contributed by atoms with van der Waals surface area (Å²) in [7, 11) is 1.61. The third-order valence-electron chi connectivity index (χ3n) is 5.84. The Bertz CT molecular complexity index is 1560. The van der Waals surface area contributed by atoms with Gasteiger partial charge in [0.15, 0.2) is 0 Å².